The summed E-state index contributed by atoms with van der Waals surface area (Å²) in [5, 5.41) is 4.13. The molecule has 168 valence electrons. The summed E-state index contributed by atoms with van der Waals surface area (Å²) in [6.07, 6.45) is 0. The van der Waals surface area contributed by atoms with Crippen molar-refractivity contribution in [3.63, 3.8) is 0 Å². The van der Waals surface area contributed by atoms with Gasteiger partial charge >= 0.3 is 10.9 Å². The molecule has 0 aliphatic carbocycles. The molecule has 1 aromatic carbocycles. The lowest BCUT2D eigenvalue weighted by Gasteiger charge is -2.29. The third-order valence-corrected chi connectivity index (χ3v) is 9.04. The van der Waals surface area contributed by atoms with Gasteiger partial charge in [-0.3, -0.25) is 23.7 Å². The van der Waals surface area contributed by atoms with Crippen LogP contribution in [0.15, 0.2) is 57.7 Å². The molecule has 5 rings (SSSR count). The Morgan fingerprint density at radius 2 is 1.79 bits per heavy atom. The van der Waals surface area contributed by atoms with Gasteiger partial charge in [-0.2, -0.15) is 4.90 Å². The summed E-state index contributed by atoms with van der Waals surface area (Å²) in [7, 11) is 0. The molecular weight excluding hydrogens is 484 g/mol. The van der Waals surface area contributed by atoms with E-state index in [1.807, 2.05) is 23.6 Å². The van der Waals surface area contributed by atoms with Crippen LogP contribution in [0.4, 0.5) is 10.5 Å². The fourth-order valence-electron chi connectivity index (χ4n) is 4.11. The molecule has 3 N–H and O–H groups in total. The first-order valence-corrected chi connectivity index (χ1v) is 12.4. The van der Waals surface area contributed by atoms with Gasteiger partial charge in [-0.05, 0) is 23.6 Å². The third kappa shape index (κ3) is 3.59. The summed E-state index contributed by atoms with van der Waals surface area (Å²) >= 11 is 3.38. The maximum absolute atomic E-state index is 13.0. The summed E-state index contributed by atoms with van der Waals surface area (Å²) in [4.78, 5) is 64.8. The van der Waals surface area contributed by atoms with E-state index in [-0.39, 0.29) is 11.4 Å². The zero-order chi connectivity index (χ0) is 23.3. The predicted octanol–water partition coefficient (Wildman–Crippen LogP) is 2.28. The minimum absolute atomic E-state index is 0.247. The number of hydrogen-bond donors (Lipinski definition) is 2. The lowest BCUT2D eigenvalue weighted by molar-refractivity contribution is -0.135. The Morgan fingerprint density at radius 3 is 2.45 bits per heavy atom. The monoisotopic (exact) mass is 500 g/mol. The molecule has 3 unspecified atom stereocenters. The van der Waals surface area contributed by atoms with Crippen LogP contribution in [0.25, 0.3) is 0 Å². The number of aromatic nitrogens is 1. The van der Waals surface area contributed by atoms with Gasteiger partial charge in [0.15, 0.2) is 0 Å². The Kier molecular flexibility index (Phi) is 5.43. The Bertz CT molecular complexity index is 1330. The molecule has 4 heterocycles. The van der Waals surface area contributed by atoms with Crippen molar-refractivity contribution >= 4 is 63.9 Å². The topological polar surface area (TPSA) is 132 Å². The first-order valence-electron chi connectivity index (χ1n) is 9.82. The standard InChI is InChI=1S/C21H16N4O5S3/c22-20(29)25-17(27)14-13(11-7-4-8-31-11)16-19(32-15(14)18(25)28)24(21(30)33-16)9-12(26)23-10-5-2-1-3-6-10/h1-8,13-15H,9H2,(H2,22,29)(H,23,26). The largest absolute Gasteiger partial charge is 0.351 e. The number of nitrogens with one attached hydrogen (secondary N) is 1. The van der Waals surface area contributed by atoms with Crippen LogP contribution < -0.4 is 15.9 Å². The molecule has 33 heavy (non-hydrogen) atoms. The van der Waals surface area contributed by atoms with Crippen molar-refractivity contribution < 1.29 is 19.2 Å². The van der Waals surface area contributed by atoms with Crippen LogP contribution in [0.1, 0.15) is 15.7 Å². The Hall–Kier alpha value is -3.22. The van der Waals surface area contributed by atoms with Crippen LogP contribution in [0.2, 0.25) is 0 Å². The fourth-order valence-corrected chi connectivity index (χ4v) is 7.83. The molecule has 3 atom stereocenters. The van der Waals surface area contributed by atoms with Crippen LogP contribution >= 0.6 is 34.4 Å². The molecule has 2 aromatic heterocycles. The molecule has 5 amide bonds. The van der Waals surface area contributed by atoms with Crippen molar-refractivity contribution in [1.29, 1.82) is 0 Å². The predicted molar refractivity (Wildman–Crippen MR) is 124 cm³/mol. The number of primary amides is 1. The van der Waals surface area contributed by atoms with Crippen molar-refractivity contribution in [1.82, 2.24) is 9.47 Å². The van der Waals surface area contributed by atoms with E-state index < -0.39 is 40.8 Å². The number of thioether (sulfide) groups is 1. The number of rotatable bonds is 4. The molecule has 12 heteroatoms. The van der Waals surface area contributed by atoms with Crippen molar-refractivity contribution in [2.75, 3.05) is 5.32 Å². The molecule has 2 aliphatic rings. The molecule has 0 saturated carbocycles. The van der Waals surface area contributed by atoms with Gasteiger partial charge in [-0.1, -0.05) is 47.4 Å². The van der Waals surface area contributed by atoms with Crippen LogP contribution in [0, 0.1) is 5.92 Å². The van der Waals surface area contributed by atoms with Gasteiger partial charge in [0.2, 0.25) is 11.8 Å². The minimum atomic E-state index is -1.12. The molecule has 0 spiro atoms. The first-order chi connectivity index (χ1) is 15.9. The zero-order valence-electron chi connectivity index (χ0n) is 16.8. The number of nitrogens with zero attached hydrogens (tertiary/aromatic N) is 2. The molecule has 0 radical (unpaired) electrons. The number of carbonyl (C=O) groups excluding carboxylic acids is 4. The highest BCUT2D eigenvalue weighted by Crippen LogP contribution is 2.53. The van der Waals surface area contributed by atoms with Gasteiger partial charge in [0.05, 0.1) is 10.9 Å². The number of thiophene rings is 1. The second-order valence-electron chi connectivity index (χ2n) is 7.45. The van der Waals surface area contributed by atoms with Crippen LogP contribution in [-0.4, -0.2) is 38.5 Å². The average Bonchev–Trinajstić information content (AvgIpc) is 3.47. The van der Waals surface area contributed by atoms with Gasteiger partial charge in [0.1, 0.15) is 11.8 Å². The van der Waals surface area contributed by atoms with Gasteiger partial charge in [0, 0.05) is 21.4 Å². The van der Waals surface area contributed by atoms with Crippen molar-refractivity contribution in [2.45, 2.75) is 22.7 Å². The number of imide groups is 3. The average molecular weight is 501 g/mol. The van der Waals surface area contributed by atoms with E-state index >= 15 is 0 Å². The number of para-hydroxylation sites is 1. The summed E-state index contributed by atoms with van der Waals surface area (Å²) in [5.41, 5.74) is 5.90. The zero-order valence-corrected chi connectivity index (χ0v) is 19.2. The van der Waals surface area contributed by atoms with E-state index in [0.29, 0.717) is 20.5 Å². The van der Waals surface area contributed by atoms with Crippen LogP contribution in [-0.2, 0) is 20.9 Å². The maximum Gasteiger partial charge on any atom is 0.328 e. The molecule has 1 fully saturated rings. The number of nitrogens with two attached hydrogens (primary N) is 1. The third-order valence-electron chi connectivity index (χ3n) is 5.48. The van der Waals surface area contributed by atoms with E-state index in [1.54, 1.807) is 24.3 Å². The van der Waals surface area contributed by atoms with Crippen LogP contribution in [0.3, 0.4) is 0 Å². The van der Waals surface area contributed by atoms with E-state index in [4.69, 9.17) is 5.73 Å². The van der Waals surface area contributed by atoms with Gasteiger partial charge < -0.3 is 11.1 Å². The molecule has 0 bridgehead atoms. The van der Waals surface area contributed by atoms with Gasteiger partial charge in [-0.15, -0.1) is 11.3 Å². The smallest absolute Gasteiger partial charge is 0.328 e. The van der Waals surface area contributed by atoms with E-state index in [1.165, 1.54) is 15.9 Å². The number of anilines is 1. The number of amides is 5. The number of fused-ring (bicyclic) bond motifs is 2. The SMILES string of the molecule is NC(=O)N1C(=O)C2Sc3c(sc(=O)n3CC(=O)Nc3ccccc3)C(c3cccs3)C2C1=O. The number of benzene rings is 1. The number of carbonyl (C=O) groups is 4. The molecule has 3 aromatic rings. The number of likely N-dealkylation sites (tertiary alicyclic amines) is 1. The first kappa shape index (κ1) is 21.6. The van der Waals surface area contributed by atoms with E-state index in [0.717, 1.165) is 28.0 Å². The van der Waals surface area contributed by atoms with E-state index in [2.05, 4.69) is 5.32 Å². The summed E-state index contributed by atoms with van der Waals surface area (Å²) in [5.74, 6) is -3.20. The van der Waals surface area contributed by atoms with Crippen molar-refractivity contribution in [3.8, 4) is 0 Å². The number of hydrogen-bond acceptors (Lipinski definition) is 8. The maximum atomic E-state index is 13.0. The Labute approximate surface area is 199 Å². The normalized spacial score (nSPS) is 21.6. The second-order valence-corrected chi connectivity index (χ2v) is 10.5. The highest BCUT2D eigenvalue weighted by Gasteiger charge is 2.58. The lowest BCUT2D eigenvalue weighted by Crippen LogP contribution is -2.41. The molecule has 9 nitrogen and oxygen atoms in total. The fraction of sp³-hybridized carbons (Fsp3) is 0.190. The van der Waals surface area contributed by atoms with Crippen molar-refractivity contribution in [3.05, 3.63) is 67.3 Å². The number of thiazole rings is 1. The second kappa shape index (κ2) is 8.28. The number of urea groups is 1. The van der Waals surface area contributed by atoms with Gasteiger partial charge in [0.25, 0.3) is 5.91 Å². The van der Waals surface area contributed by atoms with Gasteiger partial charge in [-0.25, -0.2) is 4.79 Å². The highest BCUT2D eigenvalue weighted by atomic mass is 32.2. The van der Waals surface area contributed by atoms with E-state index in [9.17, 15) is 24.0 Å². The quantitative estimate of drug-likeness (QED) is 0.529. The summed E-state index contributed by atoms with van der Waals surface area (Å²) in [6.45, 7) is -0.247. The minimum Gasteiger partial charge on any atom is -0.351 e. The Morgan fingerprint density at radius 1 is 1.03 bits per heavy atom. The summed E-state index contributed by atoms with van der Waals surface area (Å²) in [6, 6.07) is 11.4. The molecule has 2 aliphatic heterocycles. The Balaban J connectivity index is 1.55. The molecular formula is C21H16N4O5S3. The molecule has 1 saturated heterocycles. The highest BCUT2D eigenvalue weighted by molar-refractivity contribution is 8.00. The van der Waals surface area contributed by atoms with Crippen molar-refractivity contribution in [2.24, 2.45) is 11.7 Å². The van der Waals surface area contributed by atoms with Crippen LogP contribution in [0.5, 0.6) is 0 Å². The lowest BCUT2D eigenvalue weighted by atomic mass is 9.87. The summed E-state index contributed by atoms with van der Waals surface area (Å²) < 4.78 is 1.32.